The van der Waals surface area contributed by atoms with Crippen molar-refractivity contribution in [3.63, 3.8) is 0 Å². The van der Waals surface area contributed by atoms with Gasteiger partial charge < -0.3 is 10.2 Å². The lowest BCUT2D eigenvalue weighted by atomic mass is 9.99. The summed E-state index contributed by atoms with van der Waals surface area (Å²) < 4.78 is 0. The molecular formula is C26H29N2O+. The molecule has 0 radical (unpaired) electrons. The highest BCUT2D eigenvalue weighted by Crippen LogP contribution is 2.18. The Hall–Kier alpha value is -2.91. The molecule has 29 heavy (non-hydrogen) atoms. The van der Waals surface area contributed by atoms with Gasteiger partial charge in [0.05, 0.1) is 6.54 Å². The molecule has 1 aliphatic heterocycles. The highest BCUT2D eigenvalue weighted by atomic mass is 16.1. The van der Waals surface area contributed by atoms with E-state index in [2.05, 4.69) is 67.7 Å². The van der Waals surface area contributed by atoms with E-state index >= 15 is 0 Å². The minimum atomic E-state index is -0.0620. The van der Waals surface area contributed by atoms with Crippen LogP contribution >= 0.6 is 0 Å². The highest BCUT2D eigenvalue weighted by molar-refractivity contribution is 6.04. The Bertz CT molecular complexity index is 974. The zero-order valence-corrected chi connectivity index (χ0v) is 17.2. The molecule has 0 aromatic heterocycles. The minimum absolute atomic E-state index is 0.0620. The van der Waals surface area contributed by atoms with Crippen molar-refractivity contribution in [1.82, 2.24) is 0 Å². The monoisotopic (exact) mass is 385 g/mol. The van der Waals surface area contributed by atoms with E-state index < -0.39 is 0 Å². The van der Waals surface area contributed by atoms with Crippen molar-refractivity contribution in [2.45, 2.75) is 39.3 Å². The van der Waals surface area contributed by atoms with E-state index in [1.54, 1.807) is 4.90 Å². The lowest BCUT2D eigenvalue weighted by Gasteiger charge is -2.26. The summed E-state index contributed by atoms with van der Waals surface area (Å²) in [6.07, 6.45) is 1.14. The van der Waals surface area contributed by atoms with E-state index in [9.17, 15) is 4.79 Å². The average Bonchev–Trinajstić information content (AvgIpc) is 2.74. The number of benzene rings is 3. The van der Waals surface area contributed by atoms with E-state index in [-0.39, 0.29) is 5.91 Å². The second-order valence-electron chi connectivity index (χ2n) is 8.30. The number of fused-ring (bicyclic) bond motifs is 1. The van der Waals surface area contributed by atoms with Gasteiger partial charge in [-0.15, -0.1) is 0 Å². The minimum Gasteiger partial charge on any atom is -0.327 e. The number of anilines is 1. The summed E-state index contributed by atoms with van der Waals surface area (Å²) in [6, 6.07) is 24.9. The van der Waals surface area contributed by atoms with E-state index in [4.69, 9.17) is 0 Å². The van der Waals surface area contributed by atoms with Crippen molar-refractivity contribution < 1.29 is 9.69 Å². The van der Waals surface area contributed by atoms with Crippen molar-refractivity contribution in [2.24, 2.45) is 0 Å². The van der Waals surface area contributed by atoms with Crippen molar-refractivity contribution in [2.75, 3.05) is 11.9 Å². The van der Waals surface area contributed by atoms with Gasteiger partial charge in [0, 0.05) is 28.8 Å². The van der Waals surface area contributed by atoms with Gasteiger partial charge in [-0.3, -0.25) is 4.79 Å². The van der Waals surface area contributed by atoms with Crippen molar-refractivity contribution in [1.29, 1.82) is 0 Å². The maximum atomic E-state index is 12.6. The molecule has 1 atom stereocenters. The van der Waals surface area contributed by atoms with Crippen LogP contribution in [-0.2, 0) is 19.5 Å². The summed E-state index contributed by atoms with van der Waals surface area (Å²) in [5, 5.41) is 2.99. The molecule has 2 N–H and O–H groups in total. The molecule has 1 aliphatic rings. The molecule has 148 valence electrons. The third kappa shape index (κ3) is 4.75. The van der Waals surface area contributed by atoms with Crippen LogP contribution in [0.25, 0.3) is 0 Å². The molecular weight excluding hydrogens is 356 g/mol. The topological polar surface area (TPSA) is 33.5 Å². The van der Waals surface area contributed by atoms with Crippen LogP contribution in [0, 0.1) is 0 Å². The molecule has 0 bridgehead atoms. The molecule has 1 amide bonds. The standard InChI is InChI=1S/C26H28N2O/c1-19(2)21-11-13-25(14-12-21)27-26(29)23-9-7-20(8-10-23)17-28-16-15-22-5-3-4-6-24(22)18-28/h3-14,19H,15-18H2,1-2H3,(H,27,29)/p+1. The Balaban J connectivity index is 1.36. The van der Waals surface area contributed by atoms with Gasteiger partial charge in [-0.1, -0.05) is 62.4 Å². The van der Waals surface area contributed by atoms with Crippen molar-refractivity contribution in [3.8, 4) is 0 Å². The normalized spacial score (nSPS) is 15.8. The summed E-state index contributed by atoms with van der Waals surface area (Å²) in [6.45, 7) is 7.56. The van der Waals surface area contributed by atoms with E-state index in [0.29, 0.717) is 11.5 Å². The number of rotatable bonds is 5. The van der Waals surface area contributed by atoms with Gasteiger partial charge in [0.1, 0.15) is 13.1 Å². The van der Waals surface area contributed by atoms with Crippen LogP contribution in [0.4, 0.5) is 5.69 Å². The van der Waals surface area contributed by atoms with Crippen LogP contribution in [0.2, 0.25) is 0 Å². The predicted molar refractivity (Wildman–Crippen MR) is 118 cm³/mol. The van der Waals surface area contributed by atoms with Crippen LogP contribution in [0.3, 0.4) is 0 Å². The Labute approximate surface area is 173 Å². The van der Waals surface area contributed by atoms with Crippen molar-refractivity contribution in [3.05, 3.63) is 101 Å². The summed E-state index contributed by atoms with van der Waals surface area (Å²) >= 11 is 0. The van der Waals surface area contributed by atoms with E-state index in [1.807, 2.05) is 24.3 Å². The van der Waals surface area contributed by atoms with Gasteiger partial charge in [-0.05, 0) is 41.3 Å². The van der Waals surface area contributed by atoms with Gasteiger partial charge in [-0.2, -0.15) is 0 Å². The van der Waals surface area contributed by atoms with Crippen molar-refractivity contribution >= 4 is 11.6 Å². The number of carbonyl (C=O) groups excluding carboxylic acids is 1. The number of carbonyl (C=O) groups is 1. The molecule has 3 aromatic carbocycles. The number of hydrogen-bond acceptors (Lipinski definition) is 1. The van der Waals surface area contributed by atoms with Gasteiger partial charge in [0.25, 0.3) is 5.91 Å². The van der Waals surface area contributed by atoms with Crippen LogP contribution in [0.15, 0.2) is 72.8 Å². The Kier molecular flexibility index (Phi) is 5.77. The molecule has 1 heterocycles. The molecule has 4 rings (SSSR count). The largest absolute Gasteiger partial charge is 0.327 e. The smallest absolute Gasteiger partial charge is 0.255 e. The second-order valence-corrected chi connectivity index (χ2v) is 8.30. The molecule has 3 heteroatoms. The van der Waals surface area contributed by atoms with Gasteiger partial charge >= 0.3 is 0 Å². The molecule has 1 unspecified atom stereocenters. The third-order valence-corrected chi connectivity index (χ3v) is 5.81. The number of amides is 1. The number of nitrogens with one attached hydrogen (secondary N) is 2. The zero-order chi connectivity index (χ0) is 20.2. The molecule has 0 fully saturated rings. The van der Waals surface area contributed by atoms with Crippen LogP contribution in [-0.4, -0.2) is 12.5 Å². The lowest BCUT2D eigenvalue weighted by Crippen LogP contribution is -3.10. The quantitative estimate of drug-likeness (QED) is 0.678. The molecule has 0 aliphatic carbocycles. The number of hydrogen-bond donors (Lipinski definition) is 2. The Morgan fingerprint density at radius 3 is 2.31 bits per heavy atom. The zero-order valence-electron chi connectivity index (χ0n) is 17.2. The molecule has 0 saturated heterocycles. The first kappa shape index (κ1) is 19.4. The fraction of sp³-hybridized carbons (Fsp3) is 0.269. The Morgan fingerprint density at radius 1 is 0.931 bits per heavy atom. The third-order valence-electron chi connectivity index (χ3n) is 5.81. The van der Waals surface area contributed by atoms with Gasteiger partial charge in [0.2, 0.25) is 0 Å². The van der Waals surface area contributed by atoms with Gasteiger partial charge in [-0.25, -0.2) is 0 Å². The first-order valence-corrected chi connectivity index (χ1v) is 10.5. The first-order valence-electron chi connectivity index (χ1n) is 10.5. The molecule has 0 spiro atoms. The highest BCUT2D eigenvalue weighted by Gasteiger charge is 2.19. The molecule has 0 saturated carbocycles. The maximum Gasteiger partial charge on any atom is 0.255 e. The van der Waals surface area contributed by atoms with Gasteiger partial charge in [0.15, 0.2) is 0 Å². The lowest BCUT2D eigenvalue weighted by molar-refractivity contribution is -0.929. The summed E-state index contributed by atoms with van der Waals surface area (Å²) in [5.41, 5.74) is 7.03. The predicted octanol–water partition coefficient (Wildman–Crippen LogP) is 4.20. The van der Waals surface area contributed by atoms with E-state index in [1.165, 1.54) is 22.3 Å². The maximum absolute atomic E-state index is 12.6. The fourth-order valence-electron chi connectivity index (χ4n) is 4.01. The summed E-state index contributed by atoms with van der Waals surface area (Å²) in [5.74, 6) is 0.427. The SMILES string of the molecule is CC(C)c1ccc(NC(=O)c2ccc(C[NH+]3CCc4ccccc4C3)cc2)cc1. The first-order chi connectivity index (χ1) is 14.1. The summed E-state index contributed by atoms with van der Waals surface area (Å²) in [4.78, 5) is 14.1. The second kappa shape index (κ2) is 8.62. The average molecular weight is 386 g/mol. The van der Waals surface area contributed by atoms with E-state index in [0.717, 1.165) is 31.7 Å². The van der Waals surface area contributed by atoms with Crippen LogP contribution in [0.5, 0.6) is 0 Å². The molecule has 3 aromatic rings. The van der Waals surface area contributed by atoms with Crippen LogP contribution in [0.1, 0.15) is 52.4 Å². The molecule has 3 nitrogen and oxygen atoms in total. The number of quaternary nitrogens is 1. The Morgan fingerprint density at radius 2 is 1.62 bits per heavy atom. The fourth-order valence-corrected chi connectivity index (χ4v) is 4.01. The van der Waals surface area contributed by atoms with Crippen LogP contribution < -0.4 is 10.2 Å². The summed E-state index contributed by atoms with van der Waals surface area (Å²) in [7, 11) is 0.